The molecule has 2 heteroatoms. The lowest BCUT2D eigenvalue weighted by atomic mass is 9.97. The number of benzene rings is 1. The van der Waals surface area contributed by atoms with E-state index in [0.717, 1.165) is 10.4 Å². The fourth-order valence-corrected chi connectivity index (χ4v) is 4.15. The molecule has 0 aliphatic heterocycles. The van der Waals surface area contributed by atoms with Crippen molar-refractivity contribution in [1.29, 1.82) is 0 Å². The number of aliphatic hydroxyl groups excluding tert-OH is 1. The fraction of sp³-hybridized carbons (Fsp3) is 0.444. The second-order valence-electron chi connectivity index (χ2n) is 6.03. The molecule has 0 saturated heterocycles. The molecule has 1 aliphatic rings. The molecule has 1 aromatic heterocycles. The molecule has 0 spiro atoms. The molecular weight excluding hydrogens is 264 g/mol. The van der Waals surface area contributed by atoms with Gasteiger partial charge in [0.1, 0.15) is 6.10 Å². The van der Waals surface area contributed by atoms with E-state index in [4.69, 9.17) is 0 Å². The van der Waals surface area contributed by atoms with E-state index in [2.05, 4.69) is 44.2 Å². The predicted molar refractivity (Wildman–Crippen MR) is 85.6 cm³/mol. The highest BCUT2D eigenvalue weighted by Crippen LogP contribution is 2.35. The molecular formula is C18H22OS. The lowest BCUT2D eigenvalue weighted by Crippen LogP contribution is -1.98. The van der Waals surface area contributed by atoms with Gasteiger partial charge >= 0.3 is 0 Å². The third-order valence-corrected chi connectivity index (χ3v) is 5.49. The van der Waals surface area contributed by atoms with Crippen LogP contribution in [0.25, 0.3) is 0 Å². The summed E-state index contributed by atoms with van der Waals surface area (Å²) in [6.07, 6.45) is 4.50. The van der Waals surface area contributed by atoms with Gasteiger partial charge in [-0.1, -0.05) is 38.1 Å². The van der Waals surface area contributed by atoms with Crippen LogP contribution >= 0.6 is 11.3 Å². The van der Waals surface area contributed by atoms with Gasteiger partial charge in [0.15, 0.2) is 0 Å². The molecule has 106 valence electrons. The van der Waals surface area contributed by atoms with Crippen molar-refractivity contribution in [2.45, 2.75) is 51.6 Å². The number of aryl methyl sites for hydroxylation is 2. The van der Waals surface area contributed by atoms with Crippen molar-refractivity contribution in [3.8, 4) is 0 Å². The Kier molecular flexibility index (Phi) is 3.95. The predicted octanol–water partition coefficient (Wildman–Crippen LogP) is 4.83. The zero-order chi connectivity index (χ0) is 14.1. The first-order valence-electron chi connectivity index (χ1n) is 7.54. The Hall–Kier alpha value is -1.12. The number of fused-ring (bicyclic) bond motifs is 1. The van der Waals surface area contributed by atoms with Crippen LogP contribution in [0.4, 0.5) is 0 Å². The standard InChI is InChI=1S/C18H22OS/c1-12(2)13-7-9-14(10-8-13)18(19)17-11-15-5-3-4-6-16(15)20-17/h7-12,18-19H,3-6H2,1-2H3. The van der Waals surface area contributed by atoms with Crippen LogP contribution in [-0.2, 0) is 12.8 Å². The lowest BCUT2D eigenvalue weighted by molar-refractivity contribution is 0.224. The second-order valence-corrected chi connectivity index (χ2v) is 7.20. The summed E-state index contributed by atoms with van der Waals surface area (Å²) in [5, 5.41) is 10.6. The summed E-state index contributed by atoms with van der Waals surface area (Å²) < 4.78 is 0. The van der Waals surface area contributed by atoms with Crippen molar-refractivity contribution in [3.63, 3.8) is 0 Å². The number of aliphatic hydroxyl groups is 1. The Morgan fingerprint density at radius 2 is 1.65 bits per heavy atom. The molecule has 3 rings (SSSR count). The van der Waals surface area contributed by atoms with Gasteiger partial charge < -0.3 is 5.11 Å². The van der Waals surface area contributed by atoms with Crippen molar-refractivity contribution in [2.75, 3.05) is 0 Å². The minimum atomic E-state index is -0.466. The van der Waals surface area contributed by atoms with Crippen molar-refractivity contribution in [2.24, 2.45) is 0 Å². The highest BCUT2D eigenvalue weighted by molar-refractivity contribution is 7.12. The molecule has 1 unspecified atom stereocenters. The van der Waals surface area contributed by atoms with Crippen LogP contribution in [0, 0.1) is 0 Å². The minimum absolute atomic E-state index is 0.466. The van der Waals surface area contributed by atoms with Crippen molar-refractivity contribution >= 4 is 11.3 Å². The van der Waals surface area contributed by atoms with E-state index in [1.54, 1.807) is 11.3 Å². The zero-order valence-electron chi connectivity index (χ0n) is 12.2. The number of rotatable bonds is 3. The third-order valence-electron chi connectivity index (χ3n) is 4.20. The molecule has 0 radical (unpaired) electrons. The van der Waals surface area contributed by atoms with Gasteiger partial charge in [-0.25, -0.2) is 0 Å². The summed E-state index contributed by atoms with van der Waals surface area (Å²) in [6, 6.07) is 10.6. The van der Waals surface area contributed by atoms with E-state index in [1.165, 1.54) is 41.7 Å². The number of hydrogen-bond donors (Lipinski definition) is 1. The van der Waals surface area contributed by atoms with Gasteiger partial charge in [0.2, 0.25) is 0 Å². The second kappa shape index (κ2) is 5.71. The van der Waals surface area contributed by atoms with Gasteiger partial charge in [-0.2, -0.15) is 0 Å². The summed E-state index contributed by atoms with van der Waals surface area (Å²) in [5.74, 6) is 0.537. The Morgan fingerprint density at radius 1 is 1.00 bits per heavy atom. The molecule has 20 heavy (non-hydrogen) atoms. The molecule has 1 nitrogen and oxygen atoms in total. The van der Waals surface area contributed by atoms with Gasteiger partial charge in [0.25, 0.3) is 0 Å². The highest BCUT2D eigenvalue weighted by atomic mass is 32.1. The van der Waals surface area contributed by atoms with E-state index in [0.29, 0.717) is 5.92 Å². The maximum absolute atomic E-state index is 10.6. The normalized spacial score (nSPS) is 16.2. The van der Waals surface area contributed by atoms with Crippen LogP contribution in [0.15, 0.2) is 30.3 Å². The molecule has 1 atom stereocenters. The van der Waals surface area contributed by atoms with Gasteiger partial charge in [-0.3, -0.25) is 0 Å². The quantitative estimate of drug-likeness (QED) is 0.856. The summed E-state index contributed by atoms with van der Waals surface area (Å²) in [6.45, 7) is 4.39. The Bertz CT molecular complexity index is 556. The summed E-state index contributed by atoms with van der Waals surface area (Å²) >= 11 is 1.80. The topological polar surface area (TPSA) is 20.2 Å². The molecule has 2 aromatic rings. The molecule has 0 fully saturated rings. The molecule has 1 N–H and O–H groups in total. The molecule has 1 heterocycles. The van der Waals surface area contributed by atoms with E-state index < -0.39 is 6.10 Å². The van der Waals surface area contributed by atoms with Crippen LogP contribution < -0.4 is 0 Å². The Labute approximate surface area is 125 Å². The maximum atomic E-state index is 10.6. The van der Waals surface area contributed by atoms with Crippen molar-refractivity contribution in [3.05, 3.63) is 56.8 Å². The maximum Gasteiger partial charge on any atom is 0.113 e. The van der Waals surface area contributed by atoms with E-state index >= 15 is 0 Å². The Balaban J connectivity index is 1.84. The molecule has 1 aromatic carbocycles. The monoisotopic (exact) mass is 286 g/mol. The molecule has 0 amide bonds. The van der Waals surface area contributed by atoms with Gasteiger partial charge in [0.05, 0.1) is 0 Å². The molecule has 0 bridgehead atoms. The summed E-state index contributed by atoms with van der Waals surface area (Å²) in [4.78, 5) is 2.60. The third kappa shape index (κ3) is 2.68. The van der Waals surface area contributed by atoms with Crippen molar-refractivity contribution in [1.82, 2.24) is 0 Å². The first-order valence-corrected chi connectivity index (χ1v) is 8.36. The number of thiophene rings is 1. The smallest absolute Gasteiger partial charge is 0.113 e. The van der Waals surface area contributed by atoms with Gasteiger partial charge in [-0.15, -0.1) is 11.3 Å². The van der Waals surface area contributed by atoms with E-state index in [-0.39, 0.29) is 0 Å². The minimum Gasteiger partial charge on any atom is -0.383 e. The van der Waals surface area contributed by atoms with Crippen molar-refractivity contribution < 1.29 is 5.11 Å². The average Bonchev–Trinajstić information content (AvgIpc) is 2.90. The van der Waals surface area contributed by atoms with Crippen LogP contribution in [0.3, 0.4) is 0 Å². The SMILES string of the molecule is CC(C)c1ccc(C(O)c2cc3c(s2)CCCC3)cc1. The van der Waals surface area contributed by atoms with E-state index in [1.807, 2.05) is 0 Å². The van der Waals surface area contributed by atoms with Gasteiger partial charge in [0, 0.05) is 9.75 Å². The number of hydrogen-bond acceptors (Lipinski definition) is 2. The largest absolute Gasteiger partial charge is 0.383 e. The molecule has 0 saturated carbocycles. The Morgan fingerprint density at radius 3 is 2.30 bits per heavy atom. The van der Waals surface area contributed by atoms with Crippen LogP contribution in [-0.4, -0.2) is 5.11 Å². The zero-order valence-corrected chi connectivity index (χ0v) is 13.0. The van der Waals surface area contributed by atoms with E-state index in [9.17, 15) is 5.11 Å². The summed E-state index contributed by atoms with van der Waals surface area (Å²) in [5.41, 5.74) is 3.80. The fourth-order valence-electron chi connectivity index (χ4n) is 2.88. The first-order chi connectivity index (χ1) is 9.65. The summed E-state index contributed by atoms with van der Waals surface area (Å²) in [7, 11) is 0. The average molecular weight is 286 g/mol. The lowest BCUT2D eigenvalue weighted by Gasteiger charge is -2.11. The van der Waals surface area contributed by atoms with Crippen LogP contribution in [0.1, 0.15) is 65.2 Å². The molecule has 1 aliphatic carbocycles. The van der Waals surface area contributed by atoms with Gasteiger partial charge in [-0.05, 0) is 54.4 Å². The van der Waals surface area contributed by atoms with Crippen LogP contribution in [0.5, 0.6) is 0 Å². The van der Waals surface area contributed by atoms with Crippen LogP contribution in [0.2, 0.25) is 0 Å². The first kappa shape index (κ1) is 13.8. The highest BCUT2D eigenvalue weighted by Gasteiger charge is 2.18.